The smallest absolute Gasteiger partial charge is 0.408 e. The number of carbonyl (C=O) groups is 3. The molecule has 0 radical (unpaired) electrons. The summed E-state index contributed by atoms with van der Waals surface area (Å²) >= 11 is 0. The Morgan fingerprint density at radius 1 is 0.543 bits per heavy atom. The number of nitrogens with one attached hydrogen (secondary N) is 1. The van der Waals surface area contributed by atoms with Gasteiger partial charge >= 0.3 is 18.0 Å². The normalized spacial score (nSPS) is 13.6. The largest absolute Gasteiger partial charge is 0.444 e. The van der Waals surface area contributed by atoms with Crippen LogP contribution < -0.4 is 14.8 Å². The van der Waals surface area contributed by atoms with E-state index in [4.69, 9.17) is 14.2 Å². The number of amides is 1. The van der Waals surface area contributed by atoms with E-state index in [0.717, 1.165) is 82.6 Å². The van der Waals surface area contributed by atoms with E-state index < -0.39 is 29.7 Å². The molecule has 7 nitrogen and oxygen atoms in total. The molecule has 1 amide bonds. The van der Waals surface area contributed by atoms with Crippen molar-refractivity contribution in [2.45, 2.75) is 192 Å². The average molecular weight is 954 g/mol. The first-order valence-corrected chi connectivity index (χ1v) is 25.7. The molecule has 70 heavy (non-hydrogen) atoms. The molecule has 0 aliphatic rings. The summed E-state index contributed by atoms with van der Waals surface area (Å²) in [5.74, 6) is -0.589. The molecule has 0 spiro atoms. The van der Waals surface area contributed by atoms with Gasteiger partial charge in [0.2, 0.25) is 0 Å². The molecule has 0 aliphatic heterocycles. The van der Waals surface area contributed by atoms with Gasteiger partial charge in [0.15, 0.2) is 0 Å². The summed E-state index contributed by atoms with van der Waals surface area (Å²) in [7, 11) is 0. The monoisotopic (exact) mass is 954 g/mol. The molecule has 3 aromatic rings. The van der Waals surface area contributed by atoms with Gasteiger partial charge in [-0.25, -0.2) is 14.4 Å². The van der Waals surface area contributed by atoms with Crippen LogP contribution in [0.1, 0.15) is 189 Å². The second-order valence-electron chi connectivity index (χ2n) is 20.9. The van der Waals surface area contributed by atoms with Crippen LogP contribution >= 0.6 is 0 Å². The van der Waals surface area contributed by atoms with Gasteiger partial charge in [0.05, 0.1) is 5.56 Å². The van der Waals surface area contributed by atoms with Crippen LogP contribution in [0.15, 0.2) is 136 Å². The third-order valence-corrected chi connectivity index (χ3v) is 12.4. The summed E-state index contributed by atoms with van der Waals surface area (Å²) in [5, 5.41) is 3.97. The summed E-state index contributed by atoms with van der Waals surface area (Å²) < 4.78 is 17.9. The number of allylic oxidation sites excluding steroid dienone is 14. The zero-order valence-corrected chi connectivity index (χ0v) is 45.5. The number of carbonyl (C=O) groups excluding carboxylic acids is 3. The topological polar surface area (TPSA) is 90.9 Å². The Morgan fingerprint density at radius 3 is 1.36 bits per heavy atom. The van der Waals surface area contributed by atoms with Crippen LogP contribution in [0.25, 0.3) is 10.8 Å². The van der Waals surface area contributed by atoms with Crippen molar-refractivity contribution in [2.24, 2.45) is 5.92 Å². The molecule has 7 heteroatoms. The maximum Gasteiger partial charge on any atom is 0.408 e. The predicted octanol–water partition coefficient (Wildman–Crippen LogP) is 17.7. The maximum atomic E-state index is 13.9. The van der Waals surface area contributed by atoms with E-state index in [-0.39, 0.29) is 5.92 Å². The van der Waals surface area contributed by atoms with Crippen molar-refractivity contribution in [2.75, 3.05) is 0 Å². The number of alkyl carbamates (subject to hydrolysis) is 1. The highest BCUT2D eigenvalue weighted by molar-refractivity contribution is 6.01. The first-order valence-electron chi connectivity index (χ1n) is 25.7. The Morgan fingerprint density at radius 2 is 0.943 bits per heavy atom. The summed E-state index contributed by atoms with van der Waals surface area (Å²) in [6.07, 6.45) is 29.1. The Labute approximate surface area is 423 Å². The zero-order chi connectivity index (χ0) is 51.8. The van der Waals surface area contributed by atoms with Crippen molar-refractivity contribution in [1.82, 2.24) is 5.32 Å². The number of rotatable bonds is 26. The molecule has 0 saturated carbocycles. The van der Waals surface area contributed by atoms with Gasteiger partial charge in [0.1, 0.15) is 23.1 Å². The number of hydrogen-bond donors (Lipinski definition) is 1. The minimum atomic E-state index is -0.967. The highest BCUT2D eigenvalue weighted by Crippen LogP contribution is 2.42. The molecule has 1 atom stereocenters. The third kappa shape index (κ3) is 21.9. The molecule has 0 unspecified atom stereocenters. The quantitative estimate of drug-likeness (QED) is 0.0490. The fourth-order valence-corrected chi connectivity index (χ4v) is 8.08. The lowest BCUT2D eigenvalue weighted by atomic mass is 9.95. The van der Waals surface area contributed by atoms with Crippen LogP contribution in [0.3, 0.4) is 0 Å². The molecule has 380 valence electrons. The number of benzene rings is 3. The van der Waals surface area contributed by atoms with Crippen molar-refractivity contribution in [3.63, 3.8) is 0 Å². The van der Waals surface area contributed by atoms with Crippen LogP contribution in [0, 0.1) is 12.8 Å². The predicted molar refractivity (Wildman–Crippen MR) is 295 cm³/mol. The van der Waals surface area contributed by atoms with Crippen molar-refractivity contribution < 1.29 is 28.6 Å². The van der Waals surface area contributed by atoms with Gasteiger partial charge in [-0.2, -0.15) is 0 Å². The summed E-state index contributed by atoms with van der Waals surface area (Å²) in [5.41, 5.74) is 11.0. The van der Waals surface area contributed by atoms with Gasteiger partial charge < -0.3 is 19.5 Å². The highest BCUT2D eigenvalue weighted by atomic mass is 16.6. The first kappa shape index (κ1) is 58.6. The number of hydrogen-bond acceptors (Lipinski definition) is 6. The maximum absolute atomic E-state index is 13.9. The van der Waals surface area contributed by atoms with E-state index in [0.29, 0.717) is 39.8 Å². The number of ether oxygens (including phenoxy) is 3. The van der Waals surface area contributed by atoms with Crippen molar-refractivity contribution in [3.05, 3.63) is 153 Å². The van der Waals surface area contributed by atoms with Gasteiger partial charge in [-0.05, 0) is 190 Å². The molecule has 0 aliphatic carbocycles. The van der Waals surface area contributed by atoms with Gasteiger partial charge in [0, 0.05) is 16.3 Å². The Balaban J connectivity index is 1.64. The lowest BCUT2D eigenvalue weighted by Gasteiger charge is -2.25. The molecular formula is C63H87NO6. The molecule has 1 N–H and O–H groups in total. The van der Waals surface area contributed by atoms with E-state index in [2.05, 4.69) is 103 Å². The Bertz CT molecular complexity index is 2410. The minimum absolute atomic E-state index is 0.286. The summed E-state index contributed by atoms with van der Waals surface area (Å²) in [4.78, 5) is 40.3. The third-order valence-electron chi connectivity index (χ3n) is 12.4. The molecule has 0 bridgehead atoms. The Hall–Kier alpha value is -5.69. The molecule has 0 heterocycles. The second kappa shape index (κ2) is 30.1. The van der Waals surface area contributed by atoms with E-state index in [1.165, 1.54) is 39.0 Å². The van der Waals surface area contributed by atoms with E-state index >= 15 is 0 Å². The van der Waals surface area contributed by atoms with Crippen LogP contribution in [0.4, 0.5) is 4.79 Å². The zero-order valence-electron chi connectivity index (χ0n) is 45.5. The fraction of sp³-hybridized carbons (Fsp3) is 0.476. The lowest BCUT2D eigenvalue weighted by molar-refractivity contribution is -0.137. The lowest BCUT2D eigenvalue weighted by Crippen LogP contribution is -2.48. The van der Waals surface area contributed by atoms with Crippen LogP contribution in [-0.2, 0) is 16.0 Å². The van der Waals surface area contributed by atoms with E-state index in [1.807, 2.05) is 51.1 Å². The molecule has 3 aromatic carbocycles. The summed E-state index contributed by atoms with van der Waals surface area (Å²) in [6, 6.07) is 15.4. The molecular weight excluding hydrogens is 867 g/mol. The van der Waals surface area contributed by atoms with Crippen LogP contribution in [0.2, 0.25) is 0 Å². The minimum Gasteiger partial charge on any atom is -0.444 e. The molecule has 0 aromatic heterocycles. The summed E-state index contributed by atoms with van der Waals surface area (Å²) in [6.45, 7) is 28.6. The van der Waals surface area contributed by atoms with E-state index in [9.17, 15) is 14.4 Å². The number of esters is 2. The molecule has 0 fully saturated rings. The van der Waals surface area contributed by atoms with Crippen molar-refractivity contribution >= 4 is 28.8 Å². The highest BCUT2D eigenvalue weighted by Gasteiger charge is 2.31. The van der Waals surface area contributed by atoms with Crippen molar-refractivity contribution in [3.8, 4) is 11.5 Å². The van der Waals surface area contributed by atoms with Gasteiger partial charge in [0.25, 0.3) is 0 Å². The molecule has 0 saturated heterocycles. The Kier molecular flexibility index (Phi) is 25.2. The molecule has 3 rings (SSSR count). The van der Waals surface area contributed by atoms with Crippen LogP contribution in [0.5, 0.6) is 11.5 Å². The SMILES string of the molecule is CC(C)=CCC/C(C)=C/CC/C(C)=C/CC/C(C)=C/CC/C(C)=C/CC/C(C)=C/CC/C(C)=C/Cc1c(C)c(OC(=O)[C@@H](NC(=O)OC(C)(C)C)C(C)C)c2ccccc2c1OC(=O)c1ccccc1. The van der Waals surface area contributed by atoms with Crippen LogP contribution in [-0.4, -0.2) is 29.7 Å². The fourth-order valence-electron chi connectivity index (χ4n) is 8.08. The van der Waals surface area contributed by atoms with Crippen molar-refractivity contribution in [1.29, 1.82) is 0 Å². The standard InChI is InChI=1S/C63H87NO6/c1-44(2)26-20-27-46(5)28-21-29-47(6)30-22-31-48(7)32-23-33-49(8)34-24-35-50(9)36-25-37-51(10)42-43-54-52(11)58(68-61(66)57(45(3)4)64-62(67)70-63(12,13)14)55-40-18-19-41-56(55)59(54)69-60(65)53-38-16-15-17-39-53/h15-19,26,28,30,32,34,36,38-42,45,57H,20-25,27,29,31,33,35,37,43H2,1-14H3,(H,64,67)/b46-28+,47-30+,48-32+,49-34+,50-36+,51-42+/t57-/m0/s1. The first-order chi connectivity index (χ1) is 33.1. The number of fused-ring (bicyclic) bond motifs is 1. The second-order valence-corrected chi connectivity index (χ2v) is 20.9. The van der Waals surface area contributed by atoms with E-state index in [1.54, 1.807) is 45.0 Å². The van der Waals surface area contributed by atoms with Gasteiger partial charge in [-0.15, -0.1) is 0 Å². The van der Waals surface area contributed by atoms with Gasteiger partial charge in [-0.1, -0.05) is 138 Å². The van der Waals surface area contributed by atoms with Gasteiger partial charge in [-0.3, -0.25) is 0 Å². The average Bonchev–Trinajstić information content (AvgIpc) is 3.28.